The summed E-state index contributed by atoms with van der Waals surface area (Å²) in [4.78, 5) is 0. The highest BCUT2D eigenvalue weighted by molar-refractivity contribution is 7.88. The quantitative estimate of drug-likeness (QED) is 0.517. The van der Waals surface area contributed by atoms with E-state index in [1.807, 2.05) is 42.5 Å². The summed E-state index contributed by atoms with van der Waals surface area (Å²) in [5, 5.41) is 3.21. The zero-order valence-corrected chi connectivity index (χ0v) is 18.4. The Kier molecular flexibility index (Phi) is 5.51. The van der Waals surface area contributed by atoms with Gasteiger partial charge in [0.2, 0.25) is 10.0 Å². The van der Waals surface area contributed by atoms with E-state index in [9.17, 15) is 8.42 Å². The Balaban J connectivity index is 1.73. The molecule has 3 aromatic carbocycles. The lowest BCUT2D eigenvalue weighted by atomic mass is 9.93. The van der Waals surface area contributed by atoms with Crippen LogP contribution >= 0.6 is 23.2 Å². The van der Waals surface area contributed by atoms with E-state index in [0.717, 1.165) is 27.6 Å². The van der Waals surface area contributed by atoms with E-state index < -0.39 is 10.0 Å². The van der Waals surface area contributed by atoms with Gasteiger partial charge in [-0.2, -0.15) is 4.31 Å². The first-order chi connectivity index (χ1) is 13.7. The average molecular weight is 450 g/mol. The lowest BCUT2D eigenvalue weighted by Crippen LogP contribution is -2.30. The molecule has 0 unspecified atom stereocenters. The van der Waals surface area contributed by atoms with Gasteiger partial charge in [-0.3, -0.25) is 0 Å². The average Bonchev–Trinajstić information content (AvgIpc) is 3.12. The molecule has 1 aliphatic rings. The highest BCUT2D eigenvalue weighted by Gasteiger charge is 2.39. The van der Waals surface area contributed by atoms with Gasteiger partial charge in [0.15, 0.2) is 0 Å². The molecule has 0 saturated carbocycles. The summed E-state index contributed by atoms with van der Waals surface area (Å²) in [6, 6.07) is 17.1. The Morgan fingerprint density at radius 3 is 2.24 bits per heavy atom. The third-order valence-corrected chi connectivity index (χ3v) is 7.19. The minimum absolute atomic E-state index is 0.0255. The number of methoxy groups -OCH3 is 1. The van der Waals surface area contributed by atoms with Crippen LogP contribution in [0.3, 0.4) is 0 Å². The molecule has 1 aliphatic heterocycles. The van der Waals surface area contributed by atoms with E-state index in [-0.39, 0.29) is 12.0 Å². The Bertz CT molecular complexity index is 1160. The zero-order valence-electron chi connectivity index (χ0n) is 16.1. The number of hydrogen-bond donors (Lipinski definition) is 0. The third kappa shape index (κ3) is 4.24. The molecule has 0 aliphatic carbocycles. The fourth-order valence-electron chi connectivity index (χ4n) is 4.10. The van der Waals surface area contributed by atoms with Gasteiger partial charge in [0.05, 0.1) is 19.4 Å². The van der Waals surface area contributed by atoms with Crippen LogP contribution in [0.2, 0.25) is 10.0 Å². The molecule has 0 bridgehead atoms. The largest absolute Gasteiger partial charge is 0.497 e. The monoisotopic (exact) mass is 449 g/mol. The second-order valence-electron chi connectivity index (χ2n) is 7.46. The predicted octanol–water partition coefficient (Wildman–Crippen LogP) is 5.65. The van der Waals surface area contributed by atoms with Crippen LogP contribution in [0.4, 0.5) is 0 Å². The molecular formula is C22H21Cl2NO3S. The van der Waals surface area contributed by atoms with Gasteiger partial charge in [-0.1, -0.05) is 41.4 Å². The third-order valence-electron chi connectivity index (χ3n) is 5.49. The summed E-state index contributed by atoms with van der Waals surface area (Å²) < 4.78 is 31.9. The second-order valence-corrected chi connectivity index (χ2v) is 10.3. The minimum atomic E-state index is -3.38. The molecule has 0 aromatic heterocycles. The van der Waals surface area contributed by atoms with Gasteiger partial charge < -0.3 is 4.74 Å². The zero-order chi connectivity index (χ0) is 20.8. The number of ether oxygens (including phenoxy) is 1. The van der Waals surface area contributed by atoms with Gasteiger partial charge >= 0.3 is 0 Å². The first-order valence-corrected chi connectivity index (χ1v) is 11.9. The van der Waals surface area contributed by atoms with E-state index in [1.165, 1.54) is 6.26 Å². The molecule has 152 valence electrons. The smallest absolute Gasteiger partial charge is 0.211 e. The van der Waals surface area contributed by atoms with Crippen molar-refractivity contribution in [1.29, 1.82) is 0 Å². The van der Waals surface area contributed by atoms with Crippen molar-refractivity contribution in [3.8, 4) is 5.75 Å². The lowest BCUT2D eigenvalue weighted by Gasteiger charge is -2.22. The highest BCUT2D eigenvalue weighted by Crippen LogP contribution is 2.43. The Labute approximate surface area is 181 Å². The summed E-state index contributed by atoms with van der Waals surface area (Å²) in [6.45, 7) is 0.404. The highest BCUT2D eigenvalue weighted by atomic mass is 35.5. The summed E-state index contributed by atoms with van der Waals surface area (Å²) in [5.74, 6) is 0.819. The van der Waals surface area contributed by atoms with Gasteiger partial charge in [-0.25, -0.2) is 8.42 Å². The maximum atomic E-state index is 12.5. The van der Waals surface area contributed by atoms with Crippen molar-refractivity contribution in [3.05, 3.63) is 75.8 Å². The Morgan fingerprint density at radius 1 is 0.931 bits per heavy atom. The lowest BCUT2D eigenvalue weighted by molar-refractivity contribution is 0.400. The SMILES string of the molecule is COc1ccc2cc([C@H]3C[C@@H](c4cc(Cl)cc(Cl)c4)CN3S(C)(=O)=O)ccc2c1. The predicted molar refractivity (Wildman–Crippen MR) is 119 cm³/mol. The number of rotatable bonds is 4. The molecule has 7 heteroatoms. The van der Waals surface area contributed by atoms with Crippen molar-refractivity contribution < 1.29 is 13.2 Å². The van der Waals surface area contributed by atoms with Crippen LogP contribution in [0.15, 0.2) is 54.6 Å². The van der Waals surface area contributed by atoms with E-state index >= 15 is 0 Å². The van der Waals surface area contributed by atoms with E-state index in [2.05, 4.69) is 6.07 Å². The summed E-state index contributed by atoms with van der Waals surface area (Å²) in [6.07, 6.45) is 1.94. The fraction of sp³-hybridized carbons (Fsp3) is 0.273. The van der Waals surface area contributed by atoms with Crippen molar-refractivity contribution in [2.75, 3.05) is 19.9 Å². The van der Waals surface area contributed by atoms with Gasteiger partial charge in [0.1, 0.15) is 5.75 Å². The van der Waals surface area contributed by atoms with Crippen molar-refractivity contribution in [2.45, 2.75) is 18.4 Å². The molecule has 1 fully saturated rings. The molecule has 0 N–H and O–H groups in total. The molecule has 0 amide bonds. The second kappa shape index (κ2) is 7.80. The van der Waals surface area contributed by atoms with Crippen LogP contribution in [0.1, 0.15) is 29.5 Å². The van der Waals surface area contributed by atoms with E-state index in [0.29, 0.717) is 23.0 Å². The molecule has 0 radical (unpaired) electrons. The van der Waals surface area contributed by atoms with Gasteiger partial charge in [0.25, 0.3) is 0 Å². The van der Waals surface area contributed by atoms with E-state index in [4.69, 9.17) is 27.9 Å². The number of fused-ring (bicyclic) bond motifs is 1. The van der Waals surface area contributed by atoms with Gasteiger partial charge in [-0.15, -0.1) is 0 Å². The Hall–Kier alpha value is -1.79. The first-order valence-electron chi connectivity index (χ1n) is 9.25. The molecule has 4 nitrogen and oxygen atoms in total. The van der Waals surface area contributed by atoms with Gasteiger partial charge in [-0.05, 0) is 70.6 Å². The normalized spacial score (nSPS) is 20.3. The molecule has 3 aromatic rings. The first kappa shape index (κ1) is 20.5. The summed E-state index contributed by atoms with van der Waals surface area (Å²) in [7, 11) is -1.74. The maximum Gasteiger partial charge on any atom is 0.211 e. The van der Waals surface area contributed by atoms with Crippen LogP contribution < -0.4 is 4.74 Å². The standard InChI is InChI=1S/C22H21Cl2NO3S/c1-28-21-6-5-14-7-16(4-3-15(14)10-21)22-11-18(13-25(22)29(2,26)27)17-8-19(23)12-20(24)9-17/h3-10,12,18,22H,11,13H2,1-2H3/t18-,22-/m1/s1. The molecular weight excluding hydrogens is 429 g/mol. The number of benzene rings is 3. The van der Waals surface area contributed by atoms with Crippen LogP contribution in [-0.4, -0.2) is 32.6 Å². The van der Waals surface area contributed by atoms with Crippen LogP contribution in [-0.2, 0) is 10.0 Å². The number of hydrogen-bond acceptors (Lipinski definition) is 3. The maximum absolute atomic E-state index is 12.5. The van der Waals surface area contributed by atoms with Crippen molar-refractivity contribution >= 4 is 44.0 Å². The Morgan fingerprint density at radius 2 is 1.59 bits per heavy atom. The number of halogens is 2. The van der Waals surface area contributed by atoms with Gasteiger partial charge in [0, 0.05) is 16.6 Å². The van der Waals surface area contributed by atoms with Crippen LogP contribution in [0.25, 0.3) is 10.8 Å². The van der Waals surface area contributed by atoms with Crippen molar-refractivity contribution in [3.63, 3.8) is 0 Å². The summed E-state index contributed by atoms with van der Waals surface area (Å²) in [5.41, 5.74) is 1.94. The van der Waals surface area contributed by atoms with Crippen LogP contribution in [0, 0.1) is 0 Å². The summed E-state index contributed by atoms with van der Waals surface area (Å²) >= 11 is 12.3. The molecule has 4 rings (SSSR count). The topological polar surface area (TPSA) is 46.6 Å². The van der Waals surface area contributed by atoms with Crippen molar-refractivity contribution in [1.82, 2.24) is 4.31 Å². The minimum Gasteiger partial charge on any atom is -0.497 e. The number of nitrogens with zero attached hydrogens (tertiary/aromatic N) is 1. The van der Waals surface area contributed by atoms with Crippen LogP contribution in [0.5, 0.6) is 5.75 Å². The number of sulfonamides is 1. The molecule has 29 heavy (non-hydrogen) atoms. The molecule has 0 spiro atoms. The van der Waals surface area contributed by atoms with E-state index in [1.54, 1.807) is 17.5 Å². The molecule has 2 atom stereocenters. The fourth-order valence-corrected chi connectivity index (χ4v) is 5.77. The molecule has 1 saturated heterocycles. The van der Waals surface area contributed by atoms with Crippen molar-refractivity contribution in [2.24, 2.45) is 0 Å². The molecule has 1 heterocycles.